The van der Waals surface area contributed by atoms with Crippen molar-refractivity contribution in [1.29, 1.82) is 0 Å². The summed E-state index contributed by atoms with van der Waals surface area (Å²) in [6.07, 6.45) is 2.21. The van der Waals surface area contributed by atoms with E-state index < -0.39 is 0 Å². The molecule has 110 valence electrons. The minimum atomic E-state index is 0.0762. The second-order valence-electron chi connectivity index (χ2n) is 5.49. The molecule has 1 aromatic carbocycles. The van der Waals surface area contributed by atoms with Gasteiger partial charge in [-0.25, -0.2) is 0 Å². The number of carbonyl (C=O) groups excluding carboxylic acids is 1. The van der Waals surface area contributed by atoms with Crippen molar-refractivity contribution in [3.8, 4) is 0 Å². The van der Waals surface area contributed by atoms with Crippen LogP contribution in [0.25, 0.3) is 0 Å². The average molecular weight is 296 g/mol. The number of nitrogens with two attached hydrogens (primary N) is 1. The van der Waals surface area contributed by atoms with Gasteiger partial charge in [-0.05, 0) is 38.0 Å². The maximum atomic E-state index is 11.8. The van der Waals surface area contributed by atoms with Crippen LogP contribution >= 0.6 is 11.6 Å². The normalized spacial score (nSPS) is 19.9. The van der Waals surface area contributed by atoms with Crippen molar-refractivity contribution >= 4 is 23.2 Å². The van der Waals surface area contributed by atoms with E-state index >= 15 is 0 Å². The lowest BCUT2D eigenvalue weighted by molar-refractivity contribution is -0.121. The molecule has 2 atom stereocenters. The second kappa shape index (κ2) is 6.95. The van der Waals surface area contributed by atoms with Crippen molar-refractivity contribution < 1.29 is 4.79 Å². The Morgan fingerprint density at radius 2 is 2.40 bits per heavy atom. The van der Waals surface area contributed by atoms with E-state index in [4.69, 9.17) is 17.3 Å². The molecule has 0 aromatic heterocycles. The van der Waals surface area contributed by atoms with Gasteiger partial charge in [0.25, 0.3) is 0 Å². The van der Waals surface area contributed by atoms with Gasteiger partial charge in [-0.2, -0.15) is 0 Å². The zero-order valence-corrected chi connectivity index (χ0v) is 12.6. The van der Waals surface area contributed by atoms with E-state index in [2.05, 4.69) is 10.2 Å². The quantitative estimate of drug-likeness (QED) is 0.875. The predicted molar refractivity (Wildman–Crippen MR) is 83.1 cm³/mol. The Balaban J connectivity index is 1.82. The van der Waals surface area contributed by atoms with Gasteiger partial charge in [0.1, 0.15) is 0 Å². The molecule has 1 fully saturated rings. The number of carbonyl (C=O) groups is 1. The van der Waals surface area contributed by atoms with Crippen LogP contribution in [0.15, 0.2) is 24.3 Å². The van der Waals surface area contributed by atoms with Gasteiger partial charge >= 0.3 is 0 Å². The first kappa shape index (κ1) is 15.1. The fourth-order valence-corrected chi connectivity index (χ4v) is 2.63. The maximum absolute atomic E-state index is 11.8. The first-order valence-corrected chi connectivity index (χ1v) is 7.48. The Bertz CT molecular complexity index is 464. The lowest BCUT2D eigenvalue weighted by Crippen LogP contribution is -2.37. The Labute approximate surface area is 125 Å². The molecule has 2 unspecified atom stereocenters. The number of halogens is 1. The lowest BCUT2D eigenvalue weighted by Gasteiger charge is -2.19. The molecule has 3 N–H and O–H groups in total. The Hall–Kier alpha value is -1.26. The van der Waals surface area contributed by atoms with Crippen molar-refractivity contribution in [1.82, 2.24) is 5.32 Å². The fourth-order valence-electron chi connectivity index (χ4n) is 2.44. The van der Waals surface area contributed by atoms with Gasteiger partial charge in [-0.15, -0.1) is 0 Å². The molecule has 20 heavy (non-hydrogen) atoms. The van der Waals surface area contributed by atoms with E-state index in [0.717, 1.165) is 36.6 Å². The third kappa shape index (κ3) is 4.39. The molecule has 0 radical (unpaired) electrons. The number of anilines is 1. The van der Waals surface area contributed by atoms with Crippen molar-refractivity contribution in [3.63, 3.8) is 0 Å². The highest BCUT2D eigenvalue weighted by Gasteiger charge is 2.24. The zero-order valence-electron chi connectivity index (χ0n) is 11.8. The number of benzene rings is 1. The smallest absolute Gasteiger partial charge is 0.220 e. The molecule has 1 amide bonds. The molecule has 2 rings (SSSR count). The zero-order chi connectivity index (χ0) is 14.5. The van der Waals surface area contributed by atoms with E-state index in [-0.39, 0.29) is 18.0 Å². The molecule has 4 nitrogen and oxygen atoms in total. The monoisotopic (exact) mass is 295 g/mol. The van der Waals surface area contributed by atoms with Crippen molar-refractivity contribution in [2.24, 2.45) is 5.73 Å². The molecule has 0 spiro atoms. The summed E-state index contributed by atoms with van der Waals surface area (Å²) in [5.41, 5.74) is 6.78. The number of hydrogen-bond acceptors (Lipinski definition) is 3. The molecular weight excluding hydrogens is 274 g/mol. The SMILES string of the molecule is CC(N)CCC(=O)NC1CCN(c2cccc(Cl)c2)C1. The van der Waals surface area contributed by atoms with Crippen molar-refractivity contribution in [3.05, 3.63) is 29.3 Å². The van der Waals surface area contributed by atoms with Crippen LogP contribution in [0.1, 0.15) is 26.2 Å². The first-order chi connectivity index (χ1) is 9.54. The first-order valence-electron chi connectivity index (χ1n) is 7.10. The molecule has 1 aliphatic rings. The highest BCUT2D eigenvalue weighted by molar-refractivity contribution is 6.30. The highest BCUT2D eigenvalue weighted by Crippen LogP contribution is 2.23. The third-order valence-electron chi connectivity index (χ3n) is 3.55. The molecule has 0 aliphatic carbocycles. The topological polar surface area (TPSA) is 58.4 Å². The number of nitrogens with one attached hydrogen (secondary N) is 1. The summed E-state index contributed by atoms with van der Waals surface area (Å²) in [5, 5.41) is 3.82. The van der Waals surface area contributed by atoms with Gasteiger partial charge in [0.15, 0.2) is 0 Å². The molecule has 0 saturated carbocycles. The van der Waals surface area contributed by atoms with Crippen molar-refractivity contribution in [2.75, 3.05) is 18.0 Å². The number of nitrogens with zero attached hydrogens (tertiary/aromatic N) is 1. The van der Waals surface area contributed by atoms with Crippen LogP contribution in [0.4, 0.5) is 5.69 Å². The second-order valence-corrected chi connectivity index (χ2v) is 5.93. The van der Waals surface area contributed by atoms with E-state index in [1.807, 2.05) is 31.2 Å². The van der Waals surface area contributed by atoms with Gasteiger partial charge in [0, 0.05) is 42.3 Å². The molecule has 1 aromatic rings. The average Bonchev–Trinajstić information content (AvgIpc) is 2.85. The number of hydrogen-bond donors (Lipinski definition) is 2. The van der Waals surface area contributed by atoms with E-state index in [0.29, 0.717) is 6.42 Å². The molecule has 5 heteroatoms. The summed E-state index contributed by atoms with van der Waals surface area (Å²) in [7, 11) is 0. The largest absolute Gasteiger partial charge is 0.369 e. The molecule has 1 aliphatic heterocycles. The van der Waals surface area contributed by atoms with Crippen LogP contribution in [0.5, 0.6) is 0 Å². The molecular formula is C15H22ClN3O. The molecule has 1 heterocycles. The van der Waals surface area contributed by atoms with Crippen LogP contribution in [-0.2, 0) is 4.79 Å². The summed E-state index contributed by atoms with van der Waals surface area (Å²) >= 11 is 6.01. The predicted octanol–water partition coefficient (Wildman–Crippen LogP) is 2.16. The lowest BCUT2D eigenvalue weighted by atomic mass is 10.2. The summed E-state index contributed by atoms with van der Waals surface area (Å²) < 4.78 is 0. The minimum absolute atomic E-state index is 0.0762. The van der Waals surface area contributed by atoms with Crippen LogP contribution in [0.3, 0.4) is 0 Å². The minimum Gasteiger partial charge on any atom is -0.369 e. The van der Waals surface area contributed by atoms with Crippen LogP contribution < -0.4 is 16.0 Å². The highest BCUT2D eigenvalue weighted by atomic mass is 35.5. The van der Waals surface area contributed by atoms with Crippen LogP contribution in [-0.4, -0.2) is 31.1 Å². The van der Waals surface area contributed by atoms with Crippen LogP contribution in [0.2, 0.25) is 5.02 Å². The number of rotatable bonds is 5. The number of amides is 1. The van der Waals surface area contributed by atoms with Gasteiger partial charge in [-0.3, -0.25) is 4.79 Å². The molecule has 0 bridgehead atoms. The maximum Gasteiger partial charge on any atom is 0.220 e. The molecule has 1 saturated heterocycles. The Morgan fingerprint density at radius 3 is 3.10 bits per heavy atom. The third-order valence-corrected chi connectivity index (χ3v) is 3.79. The van der Waals surface area contributed by atoms with Gasteiger partial charge in [-0.1, -0.05) is 17.7 Å². The van der Waals surface area contributed by atoms with E-state index in [9.17, 15) is 4.79 Å². The summed E-state index contributed by atoms with van der Waals surface area (Å²) in [5.74, 6) is 0.0974. The van der Waals surface area contributed by atoms with Gasteiger partial charge in [0.2, 0.25) is 5.91 Å². The van der Waals surface area contributed by atoms with Gasteiger partial charge < -0.3 is 16.0 Å². The van der Waals surface area contributed by atoms with Crippen LogP contribution in [0, 0.1) is 0 Å². The Kier molecular flexibility index (Phi) is 5.26. The fraction of sp³-hybridized carbons (Fsp3) is 0.533. The Morgan fingerprint density at radius 1 is 1.60 bits per heavy atom. The summed E-state index contributed by atoms with van der Waals surface area (Å²) in [4.78, 5) is 14.0. The standard InChI is InChI=1S/C15H22ClN3O/c1-11(17)5-6-15(20)18-13-7-8-19(10-13)14-4-2-3-12(16)9-14/h2-4,9,11,13H,5-8,10,17H2,1H3,(H,18,20). The van der Waals surface area contributed by atoms with E-state index in [1.165, 1.54) is 0 Å². The van der Waals surface area contributed by atoms with Crippen molar-refractivity contribution in [2.45, 2.75) is 38.3 Å². The van der Waals surface area contributed by atoms with E-state index in [1.54, 1.807) is 0 Å². The van der Waals surface area contributed by atoms with Gasteiger partial charge in [0.05, 0.1) is 0 Å². The summed E-state index contributed by atoms with van der Waals surface area (Å²) in [6, 6.07) is 8.12. The summed E-state index contributed by atoms with van der Waals surface area (Å²) in [6.45, 7) is 3.70.